The van der Waals surface area contributed by atoms with Gasteiger partial charge in [0.1, 0.15) is 22.5 Å². The summed E-state index contributed by atoms with van der Waals surface area (Å²) in [6, 6.07) is 6.96. The third-order valence-electron chi connectivity index (χ3n) is 6.28. The smallest absolute Gasteiger partial charge is 0.337 e. The number of nitrogens with one attached hydrogen (secondary N) is 1. The van der Waals surface area contributed by atoms with Crippen molar-refractivity contribution in [1.82, 2.24) is 5.16 Å². The van der Waals surface area contributed by atoms with Crippen LogP contribution in [0, 0.1) is 6.92 Å². The van der Waals surface area contributed by atoms with E-state index in [2.05, 4.69) is 9.88 Å². The van der Waals surface area contributed by atoms with E-state index in [4.69, 9.17) is 20.9 Å². The molecule has 36 heavy (non-hydrogen) atoms. The molecule has 0 atom stereocenters. The molecule has 0 bridgehead atoms. The van der Waals surface area contributed by atoms with Crippen LogP contribution >= 0.6 is 11.6 Å². The Bertz CT molecular complexity index is 1460. The summed E-state index contributed by atoms with van der Waals surface area (Å²) in [5.41, 5.74) is 1.11. The number of anilines is 1. The summed E-state index contributed by atoms with van der Waals surface area (Å²) in [6.45, 7) is 1.64. The van der Waals surface area contributed by atoms with Crippen molar-refractivity contribution < 1.29 is 36.4 Å². The van der Waals surface area contributed by atoms with Crippen molar-refractivity contribution in [1.29, 1.82) is 0 Å². The van der Waals surface area contributed by atoms with Crippen molar-refractivity contribution >= 4 is 33.3 Å². The van der Waals surface area contributed by atoms with Gasteiger partial charge in [-0.05, 0) is 49.4 Å². The number of aromatic carboxylic acids is 1. The summed E-state index contributed by atoms with van der Waals surface area (Å²) >= 11 is 6.43. The van der Waals surface area contributed by atoms with Crippen LogP contribution < -0.4 is 9.46 Å². The second kappa shape index (κ2) is 8.74. The molecule has 0 unspecified atom stereocenters. The van der Waals surface area contributed by atoms with E-state index in [0.29, 0.717) is 16.9 Å². The van der Waals surface area contributed by atoms with Gasteiger partial charge in [0.15, 0.2) is 0 Å². The Kier molecular flexibility index (Phi) is 5.95. The van der Waals surface area contributed by atoms with E-state index in [9.17, 15) is 27.1 Å². The highest BCUT2D eigenvalue weighted by atomic mass is 35.5. The molecule has 0 saturated heterocycles. The van der Waals surface area contributed by atoms with Gasteiger partial charge in [0.2, 0.25) is 0 Å². The first-order valence-electron chi connectivity index (χ1n) is 11.1. The maximum absolute atomic E-state index is 13.5. The normalized spacial score (nSPS) is 17.4. The second-order valence-corrected chi connectivity index (χ2v) is 11.1. The Morgan fingerprint density at radius 3 is 2.53 bits per heavy atom. The maximum Gasteiger partial charge on any atom is 0.337 e. The highest BCUT2D eigenvalue weighted by Gasteiger charge is 2.47. The third-order valence-corrected chi connectivity index (χ3v) is 7.99. The first-order chi connectivity index (χ1) is 16.9. The van der Waals surface area contributed by atoms with Crippen LogP contribution in [0.5, 0.6) is 5.75 Å². The van der Waals surface area contributed by atoms with E-state index >= 15 is 0 Å². The van der Waals surface area contributed by atoms with Gasteiger partial charge >= 0.3 is 5.97 Å². The van der Waals surface area contributed by atoms with Gasteiger partial charge < -0.3 is 14.4 Å². The number of ether oxygens (including phenoxy) is 1. The zero-order valence-corrected chi connectivity index (χ0v) is 20.5. The Morgan fingerprint density at radius 2 is 1.94 bits per heavy atom. The molecule has 0 radical (unpaired) electrons. The number of aryl methyl sites for hydroxylation is 1. The van der Waals surface area contributed by atoms with E-state index in [-0.39, 0.29) is 22.4 Å². The molecule has 12 heteroatoms. The van der Waals surface area contributed by atoms with Crippen molar-refractivity contribution in [3.05, 3.63) is 58.4 Å². The predicted molar refractivity (Wildman–Crippen MR) is 126 cm³/mol. The van der Waals surface area contributed by atoms with Crippen LogP contribution in [0.3, 0.4) is 0 Å². The van der Waals surface area contributed by atoms with Gasteiger partial charge in [0.25, 0.3) is 15.9 Å². The molecule has 2 aliphatic carbocycles. The first kappa shape index (κ1) is 24.5. The average molecular weight is 539 g/mol. The predicted octanol–water partition coefficient (Wildman–Crippen LogP) is 5.86. The lowest BCUT2D eigenvalue weighted by Crippen LogP contribution is -2.43. The number of aromatic nitrogens is 1. The lowest BCUT2D eigenvalue weighted by Gasteiger charge is -2.35. The number of alkyl halides is 2. The zero-order valence-electron chi connectivity index (χ0n) is 18.9. The minimum atomic E-state index is -4.44. The summed E-state index contributed by atoms with van der Waals surface area (Å²) in [5.74, 6) is -3.71. The maximum atomic E-state index is 13.5. The van der Waals surface area contributed by atoms with E-state index in [1.165, 1.54) is 30.5 Å². The molecule has 0 amide bonds. The number of nitrogens with zero attached hydrogens (tertiary/aromatic N) is 1. The summed E-state index contributed by atoms with van der Waals surface area (Å²) in [6.07, 6.45) is 1.31. The van der Waals surface area contributed by atoms with Crippen LogP contribution in [0.1, 0.15) is 53.3 Å². The van der Waals surface area contributed by atoms with Crippen molar-refractivity contribution in [2.75, 3.05) is 4.72 Å². The van der Waals surface area contributed by atoms with E-state index in [1.54, 1.807) is 13.0 Å². The van der Waals surface area contributed by atoms with E-state index in [1.807, 2.05) is 0 Å². The molecule has 5 rings (SSSR count). The van der Waals surface area contributed by atoms with Crippen molar-refractivity contribution in [3.63, 3.8) is 0 Å². The number of hydrogen-bond acceptors (Lipinski definition) is 6. The monoisotopic (exact) mass is 538 g/mol. The second-order valence-electron chi connectivity index (χ2n) is 9.07. The van der Waals surface area contributed by atoms with Crippen LogP contribution in [-0.4, -0.2) is 36.7 Å². The van der Waals surface area contributed by atoms with E-state index in [0.717, 1.165) is 18.4 Å². The number of benzene rings is 2. The van der Waals surface area contributed by atoms with Crippen molar-refractivity contribution in [2.45, 2.75) is 55.4 Å². The Morgan fingerprint density at radius 1 is 1.22 bits per heavy atom. The third kappa shape index (κ3) is 4.77. The quantitative estimate of drug-likeness (QED) is 0.369. The summed E-state index contributed by atoms with van der Waals surface area (Å²) in [7, 11) is -4.44. The number of carboxylic acid groups (broad SMARTS) is 1. The lowest BCUT2D eigenvalue weighted by atomic mass is 9.91. The number of halogens is 3. The summed E-state index contributed by atoms with van der Waals surface area (Å²) in [4.78, 5) is 11.4. The van der Waals surface area contributed by atoms with Crippen LogP contribution in [-0.2, 0) is 10.0 Å². The minimum absolute atomic E-state index is 0.0582. The molecular formula is C24H21ClF2N2O6S. The zero-order chi connectivity index (χ0) is 25.8. The van der Waals surface area contributed by atoms with Crippen LogP contribution in [0.25, 0.3) is 11.1 Å². The molecule has 0 spiro atoms. The Labute approximate surface area is 210 Å². The van der Waals surface area contributed by atoms with Gasteiger partial charge in [-0.3, -0.25) is 4.72 Å². The van der Waals surface area contributed by atoms with Crippen LogP contribution in [0.4, 0.5) is 14.5 Å². The molecule has 2 saturated carbocycles. The van der Waals surface area contributed by atoms with Crippen LogP contribution in [0.15, 0.2) is 45.9 Å². The molecule has 190 valence electrons. The van der Waals surface area contributed by atoms with Gasteiger partial charge in [0.05, 0.1) is 22.5 Å². The average Bonchev–Trinajstić information content (AvgIpc) is 3.55. The molecule has 3 aromatic rings. The fraction of sp³-hybridized carbons (Fsp3) is 0.333. The highest BCUT2D eigenvalue weighted by molar-refractivity contribution is 7.92. The SMILES string of the molecule is Cc1oncc1-c1cc(NS(=O)(=O)c2cc(C3CC3)ccc2C(=O)O)c(OC2CC(F)(F)C2)cc1Cl. The van der Waals surface area contributed by atoms with Crippen molar-refractivity contribution in [2.24, 2.45) is 0 Å². The summed E-state index contributed by atoms with van der Waals surface area (Å²) in [5, 5.41) is 13.5. The molecule has 2 N–H and O–H groups in total. The fourth-order valence-corrected chi connectivity index (χ4v) is 5.72. The number of carboxylic acids is 1. The van der Waals surface area contributed by atoms with Crippen molar-refractivity contribution in [3.8, 4) is 16.9 Å². The van der Waals surface area contributed by atoms with Crippen LogP contribution in [0.2, 0.25) is 5.02 Å². The summed E-state index contributed by atoms with van der Waals surface area (Å²) < 4.78 is 66.9. The van der Waals surface area contributed by atoms with Gasteiger partial charge in [-0.2, -0.15) is 0 Å². The Hall–Kier alpha value is -3.18. The lowest BCUT2D eigenvalue weighted by molar-refractivity contribution is -0.134. The van der Waals surface area contributed by atoms with Gasteiger partial charge in [0, 0.05) is 30.0 Å². The molecule has 1 heterocycles. The highest BCUT2D eigenvalue weighted by Crippen LogP contribution is 2.45. The molecule has 8 nitrogen and oxygen atoms in total. The Balaban J connectivity index is 1.57. The van der Waals surface area contributed by atoms with Gasteiger partial charge in [-0.1, -0.05) is 22.8 Å². The molecule has 2 fully saturated rings. The van der Waals surface area contributed by atoms with Gasteiger partial charge in [-0.25, -0.2) is 22.0 Å². The first-order valence-corrected chi connectivity index (χ1v) is 13.0. The molecule has 2 aromatic carbocycles. The molecule has 0 aliphatic heterocycles. The minimum Gasteiger partial charge on any atom is -0.488 e. The van der Waals surface area contributed by atoms with Gasteiger partial charge in [-0.15, -0.1) is 0 Å². The van der Waals surface area contributed by atoms with E-state index < -0.39 is 51.3 Å². The number of sulfonamides is 1. The molecule has 2 aliphatic rings. The molecular weight excluding hydrogens is 518 g/mol. The molecule has 1 aromatic heterocycles. The number of hydrogen-bond donors (Lipinski definition) is 2. The topological polar surface area (TPSA) is 119 Å². The standard InChI is InChI=1S/C24H21ClF2N2O6S/c1-12-18(11-28-35-12)17-7-20(21(8-19(17)25)34-15-9-24(26,27)10-15)29-36(32,33)22-6-14(13-2-3-13)4-5-16(22)23(30)31/h4-8,11,13,15,29H,2-3,9-10H2,1H3,(H,30,31). The number of carbonyl (C=O) groups is 1. The largest absolute Gasteiger partial charge is 0.488 e. The number of rotatable bonds is 8. The fourth-order valence-electron chi connectivity index (χ4n) is 4.17.